The number of nitrogens with zero attached hydrogens (tertiary/aromatic N) is 2. The van der Waals surface area contributed by atoms with E-state index in [4.69, 9.17) is 23.2 Å². The Morgan fingerprint density at radius 3 is 1.33 bits per heavy atom. The van der Waals surface area contributed by atoms with E-state index in [0.29, 0.717) is 11.4 Å². The van der Waals surface area contributed by atoms with Gasteiger partial charge in [0, 0.05) is 0 Å². The van der Waals surface area contributed by atoms with Crippen molar-refractivity contribution in [1.29, 1.82) is 0 Å². The minimum Gasteiger partial charge on any atom is -0.350 e. The maximum atomic E-state index is 11.2. The van der Waals surface area contributed by atoms with Gasteiger partial charge in [-0.25, -0.2) is 31.3 Å². The van der Waals surface area contributed by atoms with Crippen LogP contribution < -0.4 is 33.2 Å². The standard InChI is InChI=1S/C16H20N6O2/c1-9-7-11(3-5-13(9)21(19)15(17)23)12-4-6-14(10(2)8-12)22(20)16(18)24/h3-8H,19-20H2,1-2H3,(H2,17,23)(H2,18,24). The summed E-state index contributed by atoms with van der Waals surface area (Å²) in [5.74, 6) is 11.3. The topological polar surface area (TPSA) is 145 Å². The summed E-state index contributed by atoms with van der Waals surface area (Å²) in [5, 5.41) is 1.79. The van der Waals surface area contributed by atoms with Crippen molar-refractivity contribution in [1.82, 2.24) is 0 Å². The third-order valence-corrected chi connectivity index (χ3v) is 3.72. The molecule has 2 rings (SSSR count). The number of hydrogen-bond donors (Lipinski definition) is 4. The van der Waals surface area contributed by atoms with E-state index >= 15 is 0 Å². The number of primary amides is 2. The van der Waals surface area contributed by atoms with Crippen molar-refractivity contribution in [2.75, 3.05) is 10.0 Å². The second-order valence-electron chi connectivity index (χ2n) is 5.42. The summed E-state index contributed by atoms with van der Waals surface area (Å²) in [4.78, 5) is 22.4. The van der Waals surface area contributed by atoms with Crippen LogP contribution in [0.3, 0.4) is 0 Å². The zero-order valence-electron chi connectivity index (χ0n) is 13.5. The van der Waals surface area contributed by atoms with Crippen molar-refractivity contribution in [2.24, 2.45) is 23.2 Å². The van der Waals surface area contributed by atoms with Crippen LogP contribution in [0, 0.1) is 13.8 Å². The lowest BCUT2D eigenvalue weighted by atomic mass is 10.00. The fraction of sp³-hybridized carbons (Fsp3) is 0.125. The van der Waals surface area contributed by atoms with E-state index < -0.39 is 12.1 Å². The minimum atomic E-state index is -0.736. The first-order chi connectivity index (χ1) is 11.2. The monoisotopic (exact) mass is 328 g/mol. The molecule has 0 fully saturated rings. The summed E-state index contributed by atoms with van der Waals surface area (Å²) in [6.07, 6.45) is 0. The van der Waals surface area contributed by atoms with Crippen LogP contribution in [0.25, 0.3) is 11.1 Å². The third-order valence-electron chi connectivity index (χ3n) is 3.72. The first kappa shape index (κ1) is 17.3. The summed E-state index contributed by atoms with van der Waals surface area (Å²) < 4.78 is 0. The van der Waals surface area contributed by atoms with E-state index in [-0.39, 0.29) is 0 Å². The van der Waals surface area contributed by atoms with Crippen LogP contribution in [0.4, 0.5) is 21.0 Å². The highest BCUT2D eigenvalue weighted by Gasteiger charge is 2.13. The summed E-state index contributed by atoms with van der Waals surface area (Å²) in [6.45, 7) is 3.66. The van der Waals surface area contributed by atoms with E-state index in [1.54, 1.807) is 12.1 Å². The fourth-order valence-corrected chi connectivity index (χ4v) is 2.45. The number of urea groups is 2. The second-order valence-corrected chi connectivity index (χ2v) is 5.42. The average molecular weight is 328 g/mol. The lowest BCUT2D eigenvalue weighted by Crippen LogP contribution is -2.42. The van der Waals surface area contributed by atoms with Crippen LogP contribution in [0.5, 0.6) is 0 Å². The predicted octanol–water partition coefficient (Wildman–Crippen LogP) is 1.49. The maximum Gasteiger partial charge on any atom is 0.333 e. The Balaban J connectivity index is 2.39. The van der Waals surface area contributed by atoms with Crippen molar-refractivity contribution in [3.63, 3.8) is 0 Å². The van der Waals surface area contributed by atoms with Crippen LogP contribution in [0.15, 0.2) is 36.4 Å². The molecule has 0 aliphatic rings. The van der Waals surface area contributed by atoms with Crippen molar-refractivity contribution >= 4 is 23.4 Å². The Morgan fingerprint density at radius 2 is 1.08 bits per heavy atom. The van der Waals surface area contributed by atoms with Gasteiger partial charge in [0.05, 0.1) is 11.4 Å². The van der Waals surface area contributed by atoms with E-state index in [1.807, 2.05) is 38.1 Å². The van der Waals surface area contributed by atoms with Gasteiger partial charge in [0.2, 0.25) is 0 Å². The van der Waals surface area contributed by atoms with Crippen LogP contribution in [-0.2, 0) is 0 Å². The van der Waals surface area contributed by atoms with Gasteiger partial charge in [-0.15, -0.1) is 0 Å². The molecular formula is C16H20N6O2. The molecule has 8 nitrogen and oxygen atoms in total. The molecule has 2 aromatic rings. The molecule has 0 saturated heterocycles. The van der Waals surface area contributed by atoms with Crippen molar-refractivity contribution in [3.05, 3.63) is 47.5 Å². The number of rotatable bonds is 3. The molecule has 0 heterocycles. The molecule has 0 unspecified atom stereocenters. The van der Waals surface area contributed by atoms with Crippen molar-refractivity contribution in [3.8, 4) is 11.1 Å². The smallest absolute Gasteiger partial charge is 0.333 e. The number of amides is 4. The van der Waals surface area contributed by atoms with Gasteiger partial charge in [0.15, 0.2) is 0 Å². The molecule has 8 heteroatoms. The minimum absolute atomic E-state index is 0.529. The highest BCUT2D eigenvalue weighted by molar-refractivity contribution is 5.92. The predicted molar refractivity (Wildman–Crippen MR) is 93.9 cm³/mol. The van der Waals surface area contributed by atoms with Crippen LogP contribution in [-0.4, -0.2) is 12.1 Å². The maximum absolute atomic E-state index is 11.2. The zero-order chi connectivity index (χ0) is 18.0. The highest BCUT2D eigenvalue weighted by atomic mass is 16.2. The molecule has 0 aliphatic carbocycles. The molecular weight excluding hydrogens is 308 g/mol. The van der Waals surface area contributed by atoms with E-state index in [9.17, 15) is 9.59 Å². The van der Waals surface area contributed by atoms with Gasteiger partial charge in [-0.1, -0.05) is 12.1 Å². The number of carbonyl (C=O) groups excluding carboxylic acids is 2. The van der Waals surface area contributed by atoms with Gasteiger partial charge >= 0.3 is 12.1 Å². The summed E-state index contributed by atoms with van der Waals surface area (Å²) >= 11 is 0. The molecule has 0 aliphatic heterocycles. The molecule has 4 amide bonds. The normalized spacial score (nSPS) is 10.3. The molecule has 0 radical (unpaired) electrons. The second kappa shape index (κ2) is 6.57. The third kappa shape index (κ3) is 3.29. The fourth-order valence-electron chi connectivity index (χ4n) is 2.45. The molecule has 126 valence electrons. The number of nitrogens with two attached hydrogens (primary N) is 4. The Labute approximate surface area is 139 Å². The van der Waals surface area contributed by atoms with Gasteiger partial charge in [0.25, 0.3) is 0 Å². The summed E-state index contributed by atoms with van der Waals surface area (Å²) in [7, 11) is 0. The van der Waals surface area contributed by atoms with Crippen LogP contribution >= 0.6 is 0 Å². The van der Waals surface area contributed by atoms with E-state index in [1.165, 1.54) is 0 Å². The van der Waals surface area contributed by atoms with Gasteiger partial charge in [-0.2, -0.15) is 0 Å². The Morgan fingerprint density at radius 1 is 0.750 bits per heavy atom. The van der Waals surface area contributed by atoms with Crippen LogP contribution in [0.2, 0.25) is 0 Å². The largest absolute Gasteiger partial charge is 0.350 e. The number of hydrazine groups is 2. The Bertz CT molecular complexity index is 738. The van der Waals surface area contributed by atoms with Gasteiger partial charge in [0.1, 0.15) is 0 Å². The Kier molecular flexibility index (Phi) is 4.72. The van der Waals surface area contributed by atoms with Gasteiger partial charge in [-0.3, -0.25) is 0 Å². The lowest BCUT2D eigenvalue weighted by Gasteiger charge is -2.19. The molecule has 24 heavy (non-hydrogen) atoms. The van der Waals surface area contributed by atoms with Crippen LogP contribution in [0.1, 0.15) is 11.1 Å². The number of aryl methyl sites for hydroxylation is 2. The zero-order valence-corrected chi connectivity index (χ0v) is 13.5. The number of benzene rings is 2. The average Bonchev–Trinajstić information content (AvgIpc) is 2.53. The van der Waals surface area contributed by atoms with E-state index in [2.05, 4.69) is 0 Å². The SMILES string of the molecule is Cc1cc(-c2ccc(N(N)C(N)=O)c(C)c2)ccc1N(N)C(N)=O. The van der Waals surface area contributed by atoms with Gasteiger partial charge in [-0.05, 0) is 60.4 Å². The first-order valence-electron chi connectivity index (χ1n) is 7.12. The lowest BCUT2D eigenvalue weighted by molar-refractivity contribution is 0.253. The first-order valence-corrected chi connectivity index (χ1v) is 7.12. The Hall–Kier alpha value is -3.10. The summed E-state index contributed by atoms with van der Waals surface area (Å²) in [6, 6.07) is 9.40. The number of carbonyl (C=O) groups is 2. The summed E-state index contributed by atoms with van der Waals surface area (Å²) in [5.41, 5.74) is 14.9. The molecule has 2 aromatic carbocycles. The highest BCUT2D eigenvalue weighted by Crippen LogP contribution is 2.29. The number of anilines is 2. The van der Waals surface area contributed by atoms with Gasteiger partial charge < -0.3 is 11.5 Å². The van der Waals surface area contributed by atoms with E-state index in [0.717, 1.165) is 32.3 Å². The molecule has 0 spiro atoms. The molecule has 0 atom stereocenters. The molecule has 0 aromatic heterocycles. The quantitative estimate of drug-likeness (QED) is 0.384. The number of hydrogen-bond acceptors (Lipinski definition) is 4. The molecule has 0 saturated carbocycles. The molecule has 8 N–H and O–H groups in total. The van der Waals surface area contributed by atoms with Crippen molar-refractivity contribution in [2.45, 2.75) is 13.8 Å². The molecule has 0 bridgehead atoms. The van der Waals surface area contributed by atoms with Crippen molar-refractivity contribution < 1.29 is 9.59 Å².